The van der Waals surface area contributed by atoms with E-state index in [0.29, 0.717) is 30.0 Å². The number of urea groups is 1. The molecule has 1 unspecified atom stereocenters. The van der Waals surface area contributed by atoms with E-state index in [2.05, 4.69) is 31.8 Å². The van der Waals surface area contributed by atoms with Crippen LogP contribution in [0.1, 0.15) is 30.6 Å². The minimum atomic E-state index is -0.526. The number of amides is 3. The molecule has 0 aromatic heterocycles. The van der Waals surface area contributed by atoms with E-state index in [1.165, 1.54) is 18.2 Å². The quantitative estimate of drug-likeness (QED) is 0.374. The molecular formula is C29H34FN5O3. The molecule has 0 spiro atoms. The number of rotatable bonds is 8. The molecule has 3 aromatic rings. The van der Waals surface area contributed by atoms with Gasteiger partial charge in [-0.1, -0.05) is 25.1 Å². The fourth-order valence-electron chi connectivity index (χ4n) is 4.41. The second kappa shape index (κ2) is 12.3. The molecule has 1 aliphatic rings. The Hall–Kier alpha value is -4.27. The van der Waals surface area contributed by atoms with Crippen molar-refractivity contribution < 1.29 is 18.7 Å². The van der Waals surface area contributed by atoms with E-state index in [9.17, 15) is 14.0 Å². The first-order valence-corrected chi connectivity index (χ1v) is 12.8. The number of ether oxygens (including phenoxy) is 1. The molecule has 3 N–H and O–H groups in total. The Balaban J connectivity index is 1.52. The third-order valence-corrected chi connectivity index (χ3v) is 6.62. The number of carbonyl (C=O) groups excluding carboxylic acids is 2. The van der Waals surface area contributed by atoms with E-state index in [0.717, 1.165) is 36.6 Å². The van der Waals surface area contributed by atoms with Crippen molar-refractivity contribution in [3.05, 3.63) is 78.1 Å². The maximum Gasteiger partial charge on any atom is 0.323 e. The Kier molecular flexibility index (Phi) is 8.68. The summed E-state index contributed by atoms with van der Waals surface area (Å²) < 4.78 is 19.0. The van der Waals surface area contributed by atoms with Crippen molar-refractivity contribution >= 4 is 34.7 Å². The molecule has 3 aromatic carbocycles. The number of nitrogens with zero attached hydrogens (tertiary/aromatic N) is 2. The summed E-state index contributed by atoms with van der Waals surface area (Å²) in [6, 6.07) is 18.4. The molecule has 9 heteroatoms. The molecule has 8 nitrogen and oxygen atoms in total. The van der Waals surface area contributed by atoms with Crippen molar-refractivity contribution in [2.75, 3.05) is 53.7 Å². The van der Waals surface area contributed by atoms with Gasteiger partial charge in [-0.05, 0) is 61.9 Å². The Morgan fingerprint density at radius 2 is 1.55 bits per heavy atom. The van der Waals surface area contributed by atoms with Gasteiger partial charge in [-0.25, -0.2) is 9.18 Å². The summed E-state index contributed by atoms with van der Waals surface area (Å²) in [5.41, 5.74) is 3.14. The van der Waals surface area contributed by atoms with Gasteiger partial charge in [0.05, 0.1) is 18.4 Å². The molecular weight excluding hydrogens is 485 g/mol. The predicted octanol–water partition coefficient (Wildman–Crippen LogP) is 5.33. The highest BCUT2D eigenvalue weighted by Crippen LogP contribution is 2.31. The number of benzene rings is 3. The summed E-state index contributed by atoms with van der Waals surface area (Å²) in [7, 11) is 1.67. The highest BCUT2D eigenvalue weighted by atomic mass is 19.1. The number of piperazine rings is 1. The smallest absolute Gasteiger partial charge is 0.323 e. The fraction of sp³-hybridized carbons (Fsp3) is 0.310. The standard InChI is InChI=1S/C29H34FN5O3/c1-4-20(2)31-28(36)24-19-23(33-29(37)32-22-9-7-8-21(30)18-22)12-13-25(24)34-14-16-35(17-15-34)26-10-5-6-11-27(26)38-3/h5-13,18-20H,4,14-17H2,1-3H3,(H,31,36)(H2,32,33,37). The van der Waals surface area contributed by atoms with Gasteiger partial charge in [-0.2, -0.15) is 0 Å². The summed E-state index contributed by atoms with van der Waals surface area (Å²) in [6.07, 6.45) is 0.798. The molecule has 0 saturated carbocycles. The van der Waals surface area contributed by atoms with E-state index in [-0.39, 0.29) is 11.9 Å². The van der Waals surface area contributed by atoms with Crippen LogP contribution in [0.25, 0.3) is 0 Å². The zero-order valence-corrected chi connectivity index (χ0v) is 22.0. The van der Waals surface area contributed by atoms with Crippen molar-refractivity contribution in [3.63, 3.8) is 0 Å². The van der Waals surface area contributed by atoms with Gasteiger partial charge in [0.2, 0.25) is 0 Å². The summed E-state index contributed by atoms with van der Waals surface area (Å²) in [5, 5.41) is 8.40. The number of hydrogen-bond acceptors (Lipinski definition) is 5. The Bertz CT molecular complexity index is 1280. The Morgan fingerprint density at radius 1 is 0.895 bits per heavy atom. The molecule has 1 fully saturated rings. The highest BCUT2D eigenvalue weighted by molar-refractivity contribution is 6.04. The third-order valence-electron chi connectivity index (χ3n) is 6.62. The van der Waals surface area contributed by atoms with Gasteiger partial charge in [0.15, 0.2) is 0 Å². The number of para-hydroxylation sites is 2. The molecule has 4 rings (SSSR count). The van der Waals surface area contributed by atoms with Crippen LogP contribution < -0.4 is 30.5 Å². The molecule has 200 valence electrons. The highest BCUT2D eigenvalue weighted by Gasteiger charge is 2.24. The van der Waals surface area contributed by atoms with Gasteiger partial charge in [-0.15, -0.1) is 0 Å². The Labute approximate surface area is 222 Å². The number of carbonyl (C=O) groups is 2. The van der Waals surface area contributed by atoms with Crippen LogP contribution in [0.5, 0.6) is 5.75 Å². The molecule has 1 saturated heterocycles. The first kappa shape index (κ1) is 26.8. The van der Waals surface area contributed by atoms with Crippen LogP contribution in [0.4, 0.5) is 31.9 Å². The minimum absolute atomic E-state index is 0.00522. The first-order valence-electron chi connectivity index (χ1n) is 12.8. The maximum absolute atomic E-state index is 13.5. The van der Waals surface area contributed by atoms with Gasteiger partial charge in [0.25, 0.3) is 5.91 Å². The van der Waals surface area contributed by atoms with Gasteiger partial charge < -0.3 is 30.5 Å². The lowest BCUT2D eigenvalue weighted by Crippen LogP contribution is -2.47. The maximum atomic E-state index is 13.5. The van der Waals surface area contributed by atoms with E-state index < -0.39 is 11.8 Å². The average molecular weight is 520 g/mol. The van der Waals surface area contributed by atoms with Crippen molar-refractivity contribution in [1.29, 1.82) is 0 Å². The van der Waals surface area contributed by atoms with Crippen LogP contribution in [0.3, 0.4) is 0 Å². The number of halogens is 1. The topological polar surface area (TPSA) is 85.9 Å². The van der Waals surface area contributed by atoms with Gasteiger partial charge in [-0.3, -0.25) is 4.79 Å². The fourth-order valence-corrected chi connectivity index (χ4v) is 4.41. The van der Waals surface area contributed by atoms with Crippen LogP contribution in [0.2, 0.25) is 0 Å². The lowest BCUT2D eigenvalue weighted by molar-refractivity contribution is 0.0939. The summed E-state index contributed by atoms with van der Waals surface area (Å²) >= 11 is 0. The number of anilines is 4. The van der Waals surface area contributed by atoms with Crippen LogP contribution in [-0.2, 0) is 0 Å². The molecule has 3 amide bonds. The summed E-state index contributed by atoms with van der Waals surface area (Å²) in [5.74, 6) is 0.194. The lowest BCUT2D eigenvalue weighted by atomic mass is 10.1. The first-order chi connectivity index (χ1) is 18.4. The van der Waals surface area contributed by atoms with Crippen LogP contribution in [0.15, 0.2) is 66.7 Å². The second-order valence-electron chi connectivity index (χ2n) is 9.25. The van der Waals surface area contributed by atoms with Crippen LogP contribution in [0, 0.1) is 5.82 Å². The van der Waals surface area contributed by atoms with Crippen molar-refractivity contribution in [2.24, 2.45) is 0 Å². The van der Waals surface area contributed by atoms with Gasteiger partial charge in [0.1, 0.15) is 11.6 Å². The zero-order valence-electron chi connectivity index (χ0n) is 22.0. The summed E-state index contributed by atoms with van der Waals surface area (Å²) in [6.45, 7) is 6.93. The Morgan fingerprint density at radius 3 is 2.21 bits per heavy atom. The molecule has 1 aliphatic heterocycles. The van der Waals surface area contributed by atoms with E-state index in [1.807, 2.05) is 38.1 Å². The molecule has 1 atom stereocenters. The number of nitrogens with one attached hydrogen (secondary N) is 3. The molecule has 0 radical (unpaired) electrons. The summed E-state index contributed by atoms with van der Waals surface area (Å²) in [4.78, 5) is 30.3. The predicted molar refractivity (Wildman–Crippen MR) is 150 cm³/mol. The van der Waals surface area contributed by atoms with Gasteiger partial charge >= 0.3 is 6.03 Å². The second-order valence-corrected chi connectivity index (χ2v) is 9.25. The molecule has 1 heterocycles. The minimum Gasteiger partial charge on any atom is -0.495 e. The van der Waals surface area contributed by atoms with Crippen molar-refractivity contribution in [2.45, 2.75) is 26.3 Å². The largest absolute Gasteiger partial charge is 0.495 e. The SMILES string of the molecule is CCC(C)NC(=O)c1cc(NC(=O)Nc2cccc(F)c2)ccc1N1CCN(c2ccccc2OC)CC1. The molecule has 0 bridgehead atoms. The number of methoxy groups -OCH3 is 1. The van der Waals surface area contributed by atoms with Crippen molar-refractivity contribution in [3.8, 4) is 5.75 Å². The normalized spacial score (nSPS) is 14.0. The number of hydrogen-bond donors (Lipinski definition) is 3. The molecule has 38 heavy (non-hydrogen) atoms. The zero-order chi connectivity index (χ0) is 27.1. The van der Waals surface area contributed by atoms with Gasteiger partial charge in [0, 0.05) is 49.3 Å². The van der Waals surface area contributed by atoms with E-state index >= 15 is 0 Å². The lowest BCUT2D eigenvalue weighted by Gasteiger charge is -2.38. The van der Waals surface area contributed by atoms with Crippen LogP contribution in [-0.4, -0.2) is 51.3 Å². The van der Waals surface area contributed by atoms with Crippen LogP contribution >= 0.6 is 0 Å². The third kappa shape index (κ3) is 6.53. The molecule has 0 aliphatic carbocycles. The van der Waals surface area contributed by atoms with E-state index in [4.69, 9.17) is 4.74 Å². The monoisotopic (exact) mass is 519 g/mol. The average Bonchev–Trinajstić information content (AvgIpc) is 2.93. The van der Waals surface area contributed by atoms with Crippen molar-refractivity contribution in [1.82, 2.24) is 5.32 Å². The van der Waals surface area contributed by atoms with E-state index in [1.54, 1.807) is 25.3 Å².